The van der Waals surface area contributed by atoms with Gasteiger partial charge in [-0.25, -0.2) is 5.43 Å². The van der Waals surface area contributed by atoms with Crippen LogP contribution in [0.15, 0.2) is 29.6 Å². The third-order valence-electron chi connectivity index (χ3n) is 4.28. The molecule has 0 saturated carbocycles. The van der Waals surface area contributed by atoms with Gasteiger partial charge >= 0.3 is 0 Å². The Morgan fingerprint density at radius 1 is 0.852 bits per heavy atom. The van der Waals surface area contributed by atoms with Crippen molar-refractivity contribution in [3.63, 3.8) is 0 Å². The first-order valence-electron chi connectivity index (χ1n) is 8.99. The first-order valence-corrected chi connectivity index (χ1v) is 8.99. The number of aromatic nitrogens is 4. The summed E-state index contributed by atoms with van der Waals surface area (Å²) in [4.78, 5) is 21.9. The van der Waals surface area contributed by atoms with Gasteiger partial charge in [0.1, 0.15) is 0 Å². The summed E-state index contributed by atoms with van der Waals surface area (Å²) in [7, 11) is 0. The molecule has 0 radical (unpaired) electrons. The summed E-state index contributed by atoms with van der Waals surface area (Å²) in [5.41, 5.74) is 3.86. The van der Waals surface area contributed by atoms with Crippen molar-refractivity contribution in [3.05, 3.63) is 30.1 Å². The molecule has 2 aliphatic heterocycles. The van der Waals surface area contributed by atoms with Crippen LogP contribution in [0.4, 0.5) is 17.8 Å². The molecule has 0 bridgehead atoms. The van der Waals surface area contributed by atoms with Crippen molar-refractivity contribution < 1.29 is 9.47 Å². The van der Waals surface area contributed by atoms with Gasteiger partial charge in [-0.15, -0.1) is 0 Å². The fraction of sp³-hybridized carbons (Fsp3) is 0.471. The molecule has 4 rings (SSSR count). The van der Waals surface area contributed by atoms with Crippen LogP contribution in [0.5, 0.6) is 0 Å². The van der Waals surface area contributed by atoms with Crippen LogP contribution in [0.2, 0.25) is 0 Å². The normalized spacial score (nSPS) is 18.1. The highest BCUT2D eigenvalue weighted by Crippen LogP contribution is 2.18. The SMILES string of the molecule is C(=N/Nc1nc(N2CCOCC2)nc(N2CCOCC2)n1)/c1ccncc1. The third-order valence-corrected chi connectivity index (χ3v) is 4.28. The number of hydrogen-bond acceptors (Lipinski definition) is 10. The Balaban J connectivity index is 1.55. The van der Waals surface area contributed by atoms with Crippen LogP contribution in [-0.4, -0.2) is 78.8 Å². The number of pyridine rings is 1. The Morgan fingerprint density at radius 3 is 1.96 bits per heavy atom. The maximum absolute atomic E-state index is 5.43. The van der Waals surface area contributed by atoms with Crippen molar-refractivity contribution in [2.45, 2.75) is 0 Å². The number of anilines is 3. The summed E-state index contributed by atoms with van der Waals surface area (Å²) in [6.45, 7) is 5.70. The fourth-order valence-electron chi connectivity index (χ4n) is 2.83. The molecule has 0 aromatic carbocycles. The van der Waals surface area contributed by atoms with Crippen LogP contribution in [0.1, 0.15) is 5.56 Å². The zero-order chi connectivity index (χ0) is 18.3. The van der Waals surface area contributed by atoms with E-state index in [1.165, 1.54) is 0 Å². The molecule has 0 amide bonds. The van der Waals surface area contributed by atoms with Gasteiger partial charge in [-0.05, 0) is 17.7 Å². The van der Waals surface area contributed by atoms with E-state index >= 15 is 0 Å². The Hall–Kier alpha value is -2.85. The molecule has 10 nitrogen and oxygen atoms in total. The van der Waals surface area contributed by atoms with E-state index in [2.05, 4.69) is 40.3 Å². The summed E-state index contributed by atoms with van der Waals surface area (Å²) in [5.74, 6) is 1.69. The van der Waals surface area contributed by atoms with Crippen LogP contribution in [0, 0.1) is 0 Å². The molecule has 0 unspecified atom stereocenters. The maximum atomic E-state index is 5.43. The molecular formula is C17H22N8O2. The molecular weight excluding hydrogens is 348 g/mol. The first kappa shape index (κ1) is 17.6. The fourth-order valence-corrected chi connectivity index (χ4v) is 2.83. The molecule has 2 aromatic rings. The highest BCUT2D eigenvalue weighted by molar-refractivity contribution is 5.79. The van der Waals surface area contributed by atoms with Gasteiger partial charge in [0.25, 0.3) is 0 Å². The molecule has 2 saturated heterocycles. The quantitative estimate of drug-likeness (QED) is 0.591. The van der Waals surface area contributed by atoms with Gasteiger partial charge in [0, 0.05) is 38.6 Å². The Bertz CT molecular complexity index is 725. The number of hydrazone groups is 1. The minimum atomic E-state index is 0.415. The van der Waals surface area contributed by atoms with Crippen LogP contribution in [0.25, 0.3) is 0 Å². The van der Waals surface area contributed by atoms with Crippen LogP contribution < -0.4 is 15.2 Å². The molecule has 0 spiro atoms. The van der Waals surface area contributed by atoms with Gasteiger partial charge in [-0.3, -0.25) is 4.98 Å². The standard InChI is InChI=1S/C17H22N8O2/c1-3-18-4-2-14(1)13-19-23-15-20-16(24-5-9-26-10-6-24)22-17(21-15)25-7-11-27-12-8-25/h1-4,13H,5-12H2,(H,20,21,22,23)/b19-13-. The van der Waals surface area contributed by atoms with E-state index < -0.39 is 0 Å². The van der Waals surface area contributed by atoms with Gasteiger partial charge in [0.2, 0.25) is 17.8 Å². The molecule has 1 N–H and O–H groups in total. The smallest absolute Gasteiger partial charge is 0.250 e. The molecule has 142 valence electrons. The summed E-state index contributed by atoms with van der Waals surface area (Å²) in [6, 6.07) is 3.74. The molecule has 10 heteroatoms. The van der Waals surface area contributed by atoms with Crippen molar-refractivity contribution >= 4 is 24.1 Å². The van der Waals surface area contributed by atoms with E-state index in [0.29, 0.717) is 44.3 Å². The molecule has 2 fully saturated rings. The van der Waals surface area contributed by atoms with Crippen LogP contribution in [0.3, 0.4) is 0 Å². The van der Waals surface area contributed by atoms with Gasteiger partial charge in [-0.1, -0.05) is 0 Å². The molecule has 2 aliphatic rings. The van der Waals surface area contributed by atoms with Gasteiger partial charge < -0.3 is 19.3 Å². The largest absolute Gasteiger partial charge is 0.378 e. The van der Waals surface area contributed by atoms with Crippen molar-refractivity contribution in [2.24, 2.45) is 5.10 Å². The molecule has 4 heterocycles. The highest BCUT2D eigenvalue weighted by Gasteiger charge is 2.20. The summed E-state index contributed by atoms with van der Waals surface area (Å²) < 4.78 is 10.9. The Kier molecular flexibility index (Phi) is 5.65. The lowest BCUT2D eigenvalue weighted by Gasteiger charge is -2.30. The third kappa shape index (κ3) is 4.66. The monoisotopic (exact) mass is 370 g/mol. The molecule has 27 heavy (non-hydrogen) atoms. The van der Waals surface area contributed by atoms with Crippen molar-refractivity contribution in [2.75, 3.05) is 67.8 Å². The van der Waals surface area contributed by atoms with E-state index in [1.54, 1.807) is 18.6 Å². The summed E-state index contributed by atoms with van der Waals surface area (Å²) in [5, 5.41) is 4.24. The Morgan fingerprint density at radius 2 is 1.41 bits per heavy atom. The van der Waals surface area contributed by atoms with Gasteiger partial charge in [0.15, 0.2) is 0 Å². The summed E-state index contributed by atoms with van der Waals surface area (Å²) in [6.07, 6.45) is 5.14. The van der Waals surface area contributed by atoms with E-state index in [1.807, 2.05) is 12.1 Å². The minimum absolute atomic E-state index is 0.415. The van der Waals surface area contributed by atoms with E-state index in [0.717, 1.165) is 31.7 Å². The van der Waals surface area contributed by atoms with Crippen molar-refractivity contribution in [1.29, 1.82) is 0 Å². The Labute approximate surface area is 157 Å². The number of morpholine rings is 2. The second kappa shape index (κ2) is 8.69. The topological polar surface area (TPSA) is 101 Å². The number of nitrogens with one attached hydrogen (secondary N) is 1. The highest BCUT2D eigenvalue weighted by atomic mass is 16.5. The lowest BCUT2D eigenvalue weighted by atomic mass is 10.3. The van der Waals surface area contributed by atoms with E-state index in [-0.39, 0.29) is 0 Å². The average molecular weight is 370 g/mol. The summed E-state index contributed by atoms with van der Waals surface area (Å²) >= 11 is 0. The number of ether oxygens (including phenoxy) is 2. The maximum Gasteiger partial charge on any atom is 0.250 e. The average Bonchev–Trinajstić information content (AvgIpc) is 2.76. The minimum Gasteiger partial charge on any atom is -0.378 e. The van der Waals surface area contributed by atoms with Gasteiger partial charge in [0.05, 0.1) is 32.6 Å². The van der Waals surface area contributed by atoms with Crippen LogP contribution >= 0.6 is 0 Å². The number of rotatable bonds is 5. The van der Waals surface area contributed by atoms with Crippen molar-refractivity contribution in [1.82, 2.24) is 19.9 Å². The number of hydrogen-bond donors (Lipinski definition) is 1. The lowest BCUT2D eigenvalue weighted by Crippen LogP contribution is -2.40. The predicted octanol–water partition coefficient (Wildman–Crippen LogP) is 0.386. The zero-order valence-corrected chi connectivity index (χ0v) is 15.0. The molecule has 2 aromatic heterocycles. The second-order valence-corrected chi connectivity index (χ2v) is 6.11. The van der Waals surface area contributed by atoms with E-state index in [9.17, 15) is 0 Å². The lowest BCUT2D eigenvalue weighted by molar-refractivity contribution is 0.121. The molecule has 0 aliphatic carbocycles. The van der Waals surface area contributed by atoms with Crippen molar-refractivity contribution in [3.8, 4) is 0 Å². The molecule has 0 atom stereocenters. The van der Waals surface area contributed by atoms with E-state index in [4.69, 9.17) is 9.47 Å². The zero-order valence-electron chi connectivity index (χ0n) is 15.0. The predicted molar refractivity (Wildman–Crippen MR) is 101 cm³/mol. The van der Waals surface area contributed by atoms with Gasteiger partial charge in [-0.2, -0.15) is 20.1 Å². The second-order valence-electron chi connectivity index (χ2n) is 6.11. The van der Waals surface area contributed by atoms with Crippen LogP contribution in [-0.2, 0) is 9.47 Å². The number of nitrogens with zero attached hydrogens (tertiary/aromatic N) is 7. The first-order chi connectivity index (χ1) is 13.4.